The van der Waals surface area contributed by atoms with Crippen LogP contribution in [-0.4, -0.2) is 29.1 Å². The van der Waals surface area contributed by atoms with Crippen molar-refractivity contribution in [3.63, 3.8) is 0 Å². The molecule has 1 amide bonds. The van der Waals surface area contributed by atoms with Crippen molar-refractivity contribution in [2.45, 2.75) is 31.0 Å². The third-order valence-corrected chi connectivity index (χ3v) is 6.88. The number of rotatable bonds is 8. The van der Waals surface area contributed by atoms with Crippen LogP contribution in [-0.2, 0) is 21.5 Å². The molecule has 36 heavy (non-hydrogen) atoms. The lowest BCUT2D eigenvalue weighted by atomic mass is 9.80. The van der Waals surface area contributed by atoms with Gasteiger partial charge in [-0.1, -0.05) is 109 Å². The van der Waals surface area contributed by atoms with E-state index in [1.54, 1.807) is 6.92 Å². The molecule has 4 aromatic carbocycles. The molecule has 0 saturated heterocycles. The highest BCUT2D eigenvalue weighted by molar-refractivity contribution is 5.88. The van der Waals surface area contributed by atoms with Gasteiger partial charge in [-0.2, -0.15) is 0 Å². The number of benzene rings is 4. The molecule has 1 aliphatic rings. The van der Waals surface area contributed by atoms with Gasteiger partial charge in [0.1, 0.15) is 6.04 Å². The minimum atomic E-state index is -1.06. The van der Waals surface area contributed by atoms with Gasteiger partial charge in [0.05, 0.1) is 11.6 Å². The second-order valence-electron chi connectivity index (χ2n) is 9.16. The lowest BCUT2D eigenvalue weighted by Gasteiger charge is -2.36. The van der Waals surface area contributed by atoms with Crippen LogP contribution >= 0.6 is 0 Å². The van der Waals surface area contributed by atoms with Crippen LogP contribution in [0, 0.1) is 0 Å². The van der Waals surface area contributed by atoms with Gasteiger partial charge in [0.25, 0.3) is 0 Å². The van der Waals surface area contributed by atoms with Gasteiger partial charge in [-0.15, -0.1) is 0 Å². The lowest BCUT2D eigenvalue weighted by molar-refractivity contribution is -0.142. The van der Waals surface area contributed by atoms with Crippen LogP contribution in [0.2, 0.25) is 0 Å². The fraction of sp³-hybridized carbons (Fsp3) is 0.161. The summed E-state index contributed by atoms with van der Waals surface area (Å²) in [6.45, 7) is 1.78. The molecule has 0 bridgehead atoms. The SMILES string of the molecule is C[C@H](NC1(c2ccccc2)c2ccccc2-c2ccccc21)C(=O)N[C@@H](Cc1ccccc1)C(=O)O. The molecule has 5 nitrogen and oxygen atoms in total. The molecule has 0 aliphatic heterocycles. The molecule has 0 radical (unpaired) electrons. The average Bonchev–Trinajstić information content (AvgIpc) is 3.20. The first kappa shape index (κ1) is 23.5. The average molecular weight is 477 g/mol. The van der Waals surface area contributed by atoms with Crippen LogP contribution in [0.3, 0.4) is 0 Å². The first-order chi connectivity index (χ1) is 17.5. The van der Waals surface area contributed by atoms with Crippen LogP contribution in [0.15, 0.2) is 109 Å². The fourth-order valence-electron chi connectivity index (χ4n) is 5.21. The van der Waals surface area contributed by atoms with Crippen LogP contribution in [0.5, 0.6) is 0 Å². The van der Waals surface area contributed by atoms with Crippen molar-refractivity contribution in [3.8, 4) is 11.1 Å². The molecule has 0 spiro atoms. The van der Waals surface area contributed by atoms with E-state index < -0.39 is 23.6 Å². The van der Waals surface area contributed by atoms with Gasteiger partial charge in [0, 0.05) is 6.42 Å². The Hall–Kier alpha value is -4.22. The molecule has 1 aliphatic carbocycles. The Morgan fingerprint density at radius 3 is 1.81 bits per heavy atom. The van der Waals surface area contributed by atoms with E-state index in [4.69, 9.17) is 0 Å². The highest BCUT2D eigenvalue weighted by atomic mass is 16.4. The predicted molar refractivity (Wildman–Crippen MR) is 141 cm³/mol. The molecule has 180 valence electrons. The zero-order valence-corrected chi connectivity index (χ0v) is 20.0. The minimum Gasteiger partial charge on any atom is -0.480 e. The van der Waals surface area contributed by atoms with Gasteiger partial charge in [-0.3, -0.25) is 10.1 Å². The Morgan fingerprint density at radius 2 is 1.25 bits per heavy atom. The summed E-state index contributed by atoms with van der Waals surface area (Å²) in [6.07, 6.45) is 0.212. The first-order valence-electron chi connectivity index (χ1n) is 12.1. The van der Waals surface area contributed by atoms with Crippen molar-refractivity contribution >= 4 is 11.9 Å². The largest absolute Gasteiger partial charge is 0.480 e. The van der Waals surface area contributed by atoms with E-state index in [9.17, 15) is 14.7 Å². The lowest BCUT2D eigenvalue weighted by Crippen LogP contribution is -2.55. The summed E-state index contributed by atoms with van der Waals surface area (Å²) < 4.78 is 0. The summed E-state index contributed by atoms with van der Waals surface area (Å²) in [5.74, 6) is -1.43. The monoisotopic (exact) mass is 476 g/mol. The van der Waals surface area contributed by atoms with Crippen molar-refractivity contribution in [1.82, 2.24) is 10.6 Å². The first-order valence-corrected chi connectivity index (χ1v) is 12.1. The van der Waals surface area contributed by atoms with E-state index in [1.165, 1.54) is 0 Å². The van der Waals surface area contributed by atoms with E-state index in [-0.39, 0.29) is 12.3 Å². The molecular weight excluding hydrogens is 448 g/mol. The summed E-state index contributed by atoms with van der Waals surface area (Å²) in [5, 5.41) is 16.2. The van der Waals surface area contributed by atoms with Crippen molar-refractivity contribution in [3.05, 3.63) is 131 Å². The van der Waals surface area contributed by atoms with E-state index in [0.717, 1.165) is 33.4 Å². The zero-order chi connectivity index (χ0) is 25.1. The van der Waals surface area contributed by atoms with Crippen molar-refractivity contribution in [2.75, 3.05) is 0 Å². The Labute approximate surface area is 210 Å². The van der Waals surface area contributed by atoms with Gasteiger partial charge < -0.3 is 10.4 Å². The second-order valence-corrected chi connectivity index (χ2v) is 9.16. The van der Waals surface area contributed by atoms with Gasteiger partial charge in [-0.25, -0.2) is 4.79 Å². The molecule has 0 heterocycles. The van der Waals surface area contributed by atoms with Gasteiger partial charge >= 0.3 is 5.97 Å². The number of amides is 1. The number of carboxylic acids is 1. The maximum absolute atomic E-state index is 13.4. The molecule has 3 N–H and O–H groups in total. The summed E-state index contributed by atoms with van der Waals surface area (Å²) in [7, 11) is 0. The highest BCUT2D eigenvalue weighted by Gasteiger charge is 2.46. The van der Waals surface area contributed by atoms with Gasteiger partial charge in [0.15, 0.2) is 0 Å². The number of fused-ring (bicyclic) bond motifs is 3. The maximum Gasteiger partial charge on any atom is 0.326 e. The number of aliphatic carboxylic acids is 1. The topological polar surface area (TPSA) is 78.4 Å². The Kier molecular flexibility index (Phi) is 6.40. The van der Waals surface area contributed by atoms with Crippen LogP contribution in [0.4, 0.5) is 0 Å². The summed E-state index contributed by atoms with van der Waals surface area (Å²) in [4.78, 5) is 25.4. The maximum atomic E-state index is 13.4. The number of carboxylic acid groups (broad SMARTS) is 1. The standard InChI is InChI=1S/C31H28N2O3/c1-21(29(34)32-28(30(35)36)20-22-12-4-2-5-13-22)33-31(23-14-6-3-7-15-23)26-18-10-8-16-24(26)25-17-9-11-19-27(25)31/h2-19,21,28,33H,20H2,1H3,(H,32,34)(H,35,36)/t21-,28-/m0/s1. The van der Waals surface area contributed by atoms with E-state index >= 15 is 0 Å². The van der Waals surface area contributed by atoms with Crippen molar-refractivity contribution in [2.24, 2.45) is 0 Å². The molecule has 5 rings (SSSR count). The summed E-state index contributed by atoms with van der Waals surface area (Å²) in [5.41, 5.74) is 5.47. The number of carbonyl (C=O) groups is 2. The number of hydrogen-bond donors (Lipinski definition) is 3. The summed E-state index contributed by atoms with van der Waals surface area (Å²) >= 11 is 0. The Balaban J connectivity index is 1.50. The molecule has 0 unspecified atom stereocenters. The smallest absolute Gasteiger partial charge is 0.326 e. The van der Waals surface area contributed by atoms with E-state index in [0.29, 0.717) is 0 Å². The van der Waals surface area contributed by atoms with Gasteiger partial charge in [-0.05, 0) is 40.3 Å². The normalized spacial score (nSPS) is 14.8. The van der Waals surface area contributed by atoms with Crippen LogP contribution < -0.4 is 10.6 Å². The molecule has 0 fully saturated rings. The van der Waals surface area contributed by atoms with E-state index in [2.05, 4.69) is 47.0 Å². The third kappa shape index (κ3) is 4.18. The fourth-order valence-corrected chi connectivity index (χ4v) is 5.21. The number of hydrogen-bond acceptors (Lipinski definition) is 3. The van der Waals surface area contributed by atoms with Crippen molar-refractivity contribution in [1.29, 1.82) is 0 Å². The molecule has 5 heteroatoms. The number of carbonyl (C=O) groups excluding carboxylic acids is 1. The molecule has 2 atom stereocenters. The second kappa shape index (κ2) is 9.80. The highest BCUT2D eigenvalue weighted by Crippen LogP contribution is 2.50. The Morgan fingerprint density at radius 1 is 0.750 bits per heavy atom. The minimum absolute atomic E-state index is 0.212. The van der Waals surface area contributed by atoms with Gasteiger partial charge in [0.2, 0.25) is 5.91 Å². The quantitative estimate of drug-likeness (QED) is 0.343. The van der Waals surface area contributed by atoms with E-state index in [1.807, 2.05) is 72.8 Å². The van der Waals surface area contributed by atoms with Crippen molar-refractivity contribution < 1.29 is 14.7 Å². The summed E-state index contributed by atoms with van der Waals surface area (Å²) in [6, 6.07) is 34.2. The number of nitrogens with one attached hydrogen (secondary N) is 2. The predicted octanol–water partition coefficient (Wildman–Crippen LogP) is 4.75. The zero-order valence-electron chi connectivity index (χ0n) is 20.0. The van der Waals surface area contributed by atoms with Crippen LogP contribution in [0.25, 0.3) is 11.1 Å². The molecule has 0 aromatic heterocycles. The molecule has 4 aromatic rings. The molecule has 0 saturated carbocycles. The third-order valence-electron chi connectivity index (χ3n) is 6.88. The molecular formula is C31H28N2O3. The van der Waals surface area contributed by atoms with Crippen LogP contribution in [0.1, 0.15) is 29.2 Å². The Bertz CT molecular complexity index is 1340.